The molecule has 5 heteroatoms. The molecule has 1 unspecified atom stereocenters. The normalized spacial score (nSPS) is 13.5. The third kappa shape index (κ3) is 7.70. The molecule has 0 aliphatic rings. The van der Waals surface area contributed by atoms with Crippen molar-refractivity contribution in [2.75, 3.05) is 7.11 Å². The number of amides is 1. The van der Waals surface area contributed by atoms with Gasteiger partial charge in [0.1, 0.15) is 5.60 Å². The third-order valence-corrected chi connectivity index (χ3v) is 2.04. The number of nitrogens with one attached hydrogen (secondary N) is 1. The van der Waals surface area contributed by atoms with E-state index in [-0.39, 0.29) is 12.0 Å². The Hall–Kier alpha value is -1.52. The van der Waals surface area contributed by atoms with Crippen LogP contribution in [0.3, 0.4) is 0 Å². The fraction of sp³-hybridized carbons (Fsp3) is 0.692. The number of carbonyl (C=O) groups is 2. The van der Waals surface area contributed by atoms with E-state index in [4.69, 9.17) is 4.74 Å². The van der Waals surface area contributed by atoms with Crippen LogP contribution in [0.4, 0.5) is 4.79 Å². The van der Waals surface area contributed by atoms with Crippen molar-refractivity contribution < 1.29 is 19.1 Å². The van der Waals surface area contributed by atoms with E-state index in [1.165, 1.54) is 13.2 Å². The zero-order valence-corrected chi connectivity index (χ0v) is 11.9. The van der Waals surface area contributed by atoms with Crippen molar-refractivity contribution in [2.24, 2.45) is 5.92 Å². The maximum atomic E-state index is 11.6. The molecule has 0 aliphatic carbocycles. The van der Waals surface area contributed by atoms with Gasteiger partial charge in [0, 0.05) is 6.08 Å². The van der Waals surface area contributed by atoms with Crippen LogP contribution >= 0.6 is 0 Å². The van der Waals surface area contributed by atoms with Crippen LogP contribution in [-0.4, -0.2) is 30.8 Å². The molecule has 0 bridgehead atoms. The number of esters is 1. The fourth-order valence-electron chi connectivity index (χ4n) is 1.13. The maximum Gasteiger partial charge on any atom is 0.408 e. The molecule has 18 heavy (non-hydrogen) atoms. The van der Waals surface area contributed by atoms with Crippen LogP contribution in [-0.2, 0) is 14.3 Å². The van der Waals surface area contributed by atoms with Gasteiger partial charge in [-0.15, -0.1) is 0 Å². The second kappa shape index (κ2) is 7.03. The summed E-state index contributed by atoms with van der Waals surface area (Å²) >= 11 is 0. The van der Waals surface area contributed by atoms with Gasteiger partial charge >= 0.3 is 12.1 Å². The molecule has 1 N–H and O–H groups in total. The Morgan fingerprint density at radius 3 is 2.17 bits per heavy atom. The third-order valence-electron chi connectivity index (χ3n) is 2.04. The number of hydrogen-bond acceptors (Lipinski definition) is 4. The summed E-state index contributed by atoms with van der Waals surface area (Å²) in [6, 6.07) is -0.279. The molecule has 1 amide bonds. The first-order valence-electron chi connectivity index (χ1n) is 5.91. The molecule has 0 aromatic rings. The highest BCUT2D eigenvalue weighted by Gasteiger charge is 2.19. The number of ether oxygens (including phenoxy) is 2. The van der Waals surface area contributed by atoms with Gasteiger partial charge in [-0.25, -0.2) is 9.59 Å². The van der Waals surface area contributed by atoms with Crippen molar-refractivity contribution in [3.63, 3.8) is 0 Å². The van der Waals surface area contributed by atoms with E-state index in [0.29, 0.717) is 0 Å². The maximum absolute atomic E-state index is 11.6. The van der Waals surface area contributed by atoms with Gasteiger partial charge in [-0.05, 0) is 26.7 Å². The average molecular weight is 257 g/mol. The van der Waals surface area contributed by atoms with E-state index in [2.05, 4.69) is 10.1 Å². The Balaban J connectivity index is 4.50. The number of methoxy groups -OCH3 is 1. The predicted molar refractivity (Wildman–Crippen MR) is 69.2 cm³/mol. The quantitative estimate of drug-likeness (QED) is 0.620. The lowest BCUT2D eigenvalue weighted by Gasteiger charge is -2.23. The van der Waals surface area contributed by atoms with Gasteiger partial charge in [0.05, 0.1) is 13.2 Å². The molecule has 1 atom stereocenters. The number of carbonyl (C=O) groups excluding carboxylic acids is 2. The van der Waals surface area contributed by atoms with Crippen LogP contribution in [0.15, 0.2) is 12.2 Å². The number of alkyl carbamates (subject to hydrolysis) is 1. The van der Waals surface area contributed by atoms with Crippen LogP contribution in [0.1, 0.15) is 34.6 Å². The zero-order valence-electron chi connectivity index (χ0n) is 11.9. The molecule has 5 nitrogen and oxygen atoms in total. The Labute approximate surface area is 109 Å². The Bertz CT molecular complexity index is 315. The highest BCUT2D eigenvalue weighted by atomic mass is 16.6. The van der Waals surface area contributed by atoms with Crippen molar-refractivity contribution in [3.05, 3.63) is 12.2 Å². The zero-order chi connectivity index (χ0) is 14.3. The average Bonchev–Trinajstić information content (AvgIpc) is 2.20. The van der Waals surface area contributed by atoms with Crippen LogP contribution in [0.2, 0.25) is 0 Å². The molecule has 0 saturated heterocycles. The van der Waals surface area contributed by atoms with Crippen LogP contribution in [0.5, 0.6) is 0 Å². The molecule has 0 heterocycles. The SMILES string of the molecule is COC(=O)/C=C\C(NC(=O)OC(C)(C)C)C(C)C. The first kappa shape index (κ1) is 16.5. The summed E-state index contributed by atoms with van der Waals surface area (Å²) < 4.78 is 9.65. The second-order valence-electron chi connectivity index (χ2n) is 5.30. The van der Waals surface area contributed by atoms with Gasteiger partial charge in [0.25, 0.3) is 0 Å². The minimum atomic E-state index is -0.544. The Kier molecular flexibility index (Phi) is 6.44. The van der Waals surface area contributed by atoms with Gasteiger partial charge in [-0.2, -0.15) is 0 Å². The molecule has 104 valence electrons. The minimum Gasteiger partial charge on any atom is -0.466 e. The van der Waals surface area contributed by atoms with Gasteiger partial charge < -0.3 is 14.8 Å². The summed E-state index contributed by atoms with van der Waals surface area (Å²) in [5.74, 6) is -0.315. The summed E-state index contributed by atoms with van der Waals surface area (Å²) in [4.78, 5) is 22.6. The highest BCUT2D eigenvalue weighted by Crippen LogP contribution is 2.09. The van der Waals surface area contributed by atoms with Crippen molar-refractivity contribution in [3.8, 4) is 0 Å². The first-order chi connectivity index (χ1) is 8.15. The summed E-state index contributed by atoms with van der Waals surface area (Å²) in [5.41, 5.74) is -0.544. The van der Waals surface area contributed by atoms with E-state index < -0.39 is 17.7 Å². The highest BCUT2D eigenvalue weighted by molar-refractivity contribution is 5.82. The van der Waals surface area contributed by atoms with Crippen LogP contribution in [0.25, 0.3) is 0 Å². The molecule has 0 saturated carbocycles. The largest absolute Gasteiger partial charge is 0.466 e. The van der Waals surface area contributed by atoms with E-state index in [0.717, 1.165) is 0 Å². The molecule has 0 aromatic carbocycles. The van der Waals surface area contributed by atoms with E-state index in [9.17, 15) is 9.59 Å². The van der Waals surface area contributed by atoms with Crippen molar-refractivity contribution in [1.82, 2.24) is 5.32 Å². The molecular weight excluding hydrogens is 234 g/mol. The second-order valence-corrected chi connectivity index (χ2v) is 5.30. The molecule has 0 rings (SSSR count). The molecule has 0 radical (unpaired) electrons. The lowest BCUT2D eigenvalue weighted by Crippen LogP contribution is -2.40. The molecule has 0 spiro atoms. The van der Waals surface area contributed by atoms with E-state index in [1.54, 1.807) is 26.8 Å². The summed E-state index contributed by atoms with van der Waals surface area (Å²) in [6.07, 6.45) is 2.39. The number of hydrogen-bond donors (Lipinski definition) is 1. The summed E-state index contributed by atoms with van der Waals surface area (Å²) in [5, 5.41) is 2.70. The van der Waals surface area contributed by atoms with Gasteiger partial charge in [0.15, 0.2) is 0 Å². The summed E-state index contributed by atoms with van der Waals surface area (Å²) in [6.45, 7) is 9.25. The smallest absolute Gasteiger partial charge is 0.408 e. The molecular formula is C13H23NO4. The van der Waals surface area contributed by atoms with Crippen LogP contribution < -0.4 is 5.32 Å². The minimum absolute atomic E-state index is 0.137. The Morgan fingerprint density at radius 2 is 1.78 bits per heavy atom. The Morgan fingerprint density at radius 1 is 1.22 bits per heavy atom. The number of rotatable bonds is 4. The van der Waals surface area contributed by atoms with Crippen molar-refractivity contribution in [1.29, 1.82) is 0 Å². The van der Waals surface area contributed by atoms with Crippen LogP contribution in [0, 0.1) is 5.92 Å². The topological polar surface area (TPSA) is 64.6 Å². The molecule has 0 aliphatic heterocycles. The van der Waals surface area contributed by atoms with Crippen molar-refractivity contribution >= 4 is 12.1 Å². The van der Waals surface area contributed by atoms with E-state index >= 15 is 0 Å². The lowest BCUT2D eigenvalue weighted by atomic mass is 10.0. The van der Waals surface area contributed by atoms with Gasteiger partial charge in [-0.1, -0.05) is 19.9 Å². The fourth-order valence-corrected chi connectivity index (χ4v) is 1.13. The van der Waals surface area contributed by atoms with Gasteiger partial charge in [-0.3, -0.25) is 0 Å². The predicted octanol–water partition coefficient (Wildman–Crippen LogP) is 2.26. The molecule has 0 fully saturated rings. The summed E-state index contributed by atoms with van der Waals surface area (Å²) in [7, 11) is 1.30. The van der Waals surface area contributed by atoms with Gasteiger partial charge in [0.2, 0.25) is 0 Å². The first-order valence-corrected chi connectivity index (χ1v) is 5.91. The van der Waals surface area contributed by atoms with Crippen molar-refractivity contribution in [2.45, 2.75) is 46.3 Å². The molecule has 0 aromatic heterocycles. The van der Waals surface area contributed by atoms with E-state index in [1.807, 2.05) is 13.8 Å². The lowest BCUT2D eigenvalue weighted by molar-refractivity contribution is -0.134. The standard InChI is InChI=1S/C13H23NO4/c1-9(2)10(7-8-11(15)17-6)14-12(16)18-13(3,4)5/h7-10H,1-6H3,(H,14,16)/b8-7-. The monoisotopic (exact) mass is 257 g/mol.